The van der Waals surface area contributed by atoms with E-state index in [1.165, 1.54) is 11.9 Å². The van der Waals surface area contributed by atoms with Crippen LogP contribution in [0.25, 0.3) is 0 Å². The third-order valence-electron chi connectivity index (χ3n) is 2.19. The number of urea groups is 1. The monoisotopic (exact) mass is 232 g/mol. The van der Waals surface area contributed by atoms with Crippen molar-refractivity contribution < 1.29 is 14.7 Å². The molecule has 5 nitrogen and oxygen atoms in total. The zero-order valence-electron chi connectivity index (χ0n) is 8.81. The molecule has 0 aliphatic carbocycles. The van der Waals surface area contributed by atoms with Crippen LogP contribution in [0.15, 0.2) is 0 Å². The third-order valence-corrected chi connectivity index (χ3v) is 3.24. The summed E-state index contributed by atoms with van der Waals surface area (Å²) in [7, 11) is 1.52. The van der Waals surface area contributed by atoms with Crippen molar-refractivity contribution in [2.24, 2.45) is 0 Å². The van der Waals surface area contributed by atoms with E-state index >= 15 is 0 Å². The van der Waals surface area contributed by atoms with Gasteiger partial charge in [-0.25, -0.2) is 4.79 Å². The summed E-state index contributed by atoms with van der Waals surface area (Å²) in [6, 6.07) is -0.181. The van der Waals surface area contributed by atoms with Crippen LogP contribution in [0.1, 0.15) is 6.42 Å². The fraction of sp³-hybridized carbons (Fsp3) is 0.778. The molecule has 1 saturated heterocycles. The largest absolute Gasteiger partial charge is 0.480 e. The van der Waals surface area contributed by atoms with Gasteiger partial charge in [0.2, 0.25) is 0 Å². The molecule has 1 aliphatic heterocycles. The van der Waals surface area contributed by atoms with Crippen molar-refractivity contribution in [1.29, 1.82) is 0 Å². The van der Waals surface area contributed by atoms with Crippen LogP contribution >= 0.6 is 11.8 Å². The van der Waals surface area contributed by atoms with Crippen molar-refractivity contribution in [2.75, 3.05) is 38.2 Å². The molecule has 6 heteroatoms. The van der Waals surface area contributed by atoms with Crippen LogP contribution in [0.2, 0.25) is 0 Å². The van der Waals surface area contributed by atoms with Gasteiger partial charge in [-0.15, -0.1) is 0 Å². The van der Waals surface area contributed by atoms with Crippen LogP contribution in [-0.2, 0) is 4.79 Å². The molecule has 0 radical (unpaired) electrons. The van der Waals surface area contributed by atoms with Gasteiger partial charge in [-0.2, -0.15) is 11.8 Å². The third kappa shape index (κ3) is 3.99. The van der Waals surface area contributed by atoms with E-state index in [-0.39, 0.29) is 12.6 Å². The second-order valence-corrected chi connectivity index (χ2v) is 4.71. The van der Waals surface area contributed by atoms with E-state index in [0.29, 0.717) is 6.54 Å². The van der Waals surface area contributed by atoms with Crippen molar-refractivity contribution in [3.8, 4) is 0 Å². The summed E-state index contributed by atoms with van der Waals surface area (Å²) < 4.78 is 0. The molecule has 0 aromatic rings. The normalized spacial score (nSPS) is 17.0. The summed E-state index contributed by atoms with van der Waals surface area (Å²) in [5.74, 6) is 1.04. The highest BCUT2D eigenvalue weighted by molar-refractivity contribution is 7.99. The molecule has 1 heterocycles. The van der Waals surface area contributed by atoms with Gasteiger partial charge in [0.25, 0.3) is 0 Å². The predicted molar refractivity (Wildman–Crippen MR) is 59.2 cm³/mol. The van der Waals surface area contributed by atoms with Crippen LogP contribution in [0.5, 0.6) is 0 Å². The SMILES string of the molecule is CN(CC(=O)O)C(=O)N1CCCSCC1. The first-order valence-electron chi connectivity index (χ1n) is 4.91. The number of amides is 2. The second-order valence-electron chi connectivity index (χ2n) is 3.49. The minimum atomic E-state index is -0.977. The van der Waals surface area contributed by atoms with Crippen molar-refractivity contribution in [3.63, 3.8) is 0 Å². The Morgan fingerprint density at radius 1 is 1.40 bits per heavy atom. The second kappa shape index (κ2) is 5.85. The number of likely N-dealkylation sites (N-methyl/N-ethyl adjacent to an activating group) is 1. The molecular weight excluding hydrogens is 216 g/mol. The van der Waals surface area contributed by atoms with E-state index in [2.05, 4.69) is 0 Å². The first-order chi connectivity index (χ1) is 7.11. The summed E-state index contributed by atoms with van der Waals surface area (Å²) in [6.45, 7) is 1.21. The zero-order valence-corrected chi connectivity index (χ0v) is 9.63. The number of carboxylic acids is 1. The molecule has 15 heavy (non-hydrogen) atoms. The highest BCUT2D eigenvalue weighted by atomic mass is 32.2. The number of aliphatic carboxylic acids is 1. The summed E-state index contributed by atoms with van der Waals surface area (Å²) in [5.41, 5.74) is 0. The minimum absolute atomic E-state index is 0.181. The summed E-state index contributed by atoms with van der Waals surface area (Å²) in [6.07, 6.45) is 0.983. The Bertz CT molecular complexity index is 240. The maximum atomic E-state index is 11.8. The van der Waals surface area contributed by atoms with Crippen molar-refractivity contribution in [1.82, 2.24) is 9.80 Å². The van der Waals surface area contributed by atoms with Gasteiger partial charge in [0.1, 0.15) is 6.54 Å². The van der Waals surface area contributed by atoms with Gasteiger partial charge in [0, 0.05) is 25.9 Å². The Balaban J connectivity index is 2.46. The molecule has 0 atom stereocenters. The van der Waals surface area contributed by atoms with Crippen molar-refractivity contribution >= 4 is 23.8 Å². The summed E-state index contributed by atoms with van der Waals surface area (Å²) >= 11 is 1.83. The highest BCUT2D eigenvalue weighted by Gasteiger charge is 2.20. The maximum absolute atomic E-state index is 11.8. The number of carboxylic acid groups (broad SMARTS) is 1. The Kier molecular flexibility index (Phi) is 4.74. The van der Waals surface area contributed by atoms with Crippen LogP contribution in [0, 0.1) is 0 Å². The Morgan fingerprint density at radius 2 is 2.13 bits per heavy atom. The molecule has 0 aromatic carbocycles. The number of hydrogen-bond donors (Lipinski definition) is 1. The molecule has 0 bridgehead atoms. The maximum Gasteiger partial charge on any atom is 0.323 e. The average molecular weight is 232 g/mol. The van der Waals surface area contributed by atoms with Gasteiger partial charge in [-0.3, -0.25) is 4.79 Å². The van der Waals surface area contributed by atoms with E-state index in [4.69, 9.17) is 5.11 Å². The summed E-state index contributed by atoms with van der Waals surface area (Å²) in [4.78, 5) is 25.2. The van der Waals surface area contributed by atoms with Crippen molar-refractivity contribution in [3.05, 3.63) is 0 Å². The van der Waals surface area contributed by atoms with Crippen LogP contribution in [-0.4, -0.2) is 65.1 Å². The number of carbonyl (C=O) groups is 2. The number of rotatable bonds is 2. The predicted octanol–water partition coefficient (Wildman–Crippen LogP) is 0.562. The fourth-order valence-electron chi connectivity index (χ4n) is 1.45. The Hall–Kier alpha value is -0.910. The molecule has 0 spiro atoms. The van der Waals surface area contributed by atoms with E-state index in [1.807, 2.05) is 11.8 Å². The number of carbonyl (C=O) groups excluding carboxylic acids is 1. The standard InChI is InChI=1S/C9H16N2O3S/c1-10(7-8(12)13)9(14)11-3-2-5-15-6-4-11/h2-7H2,1H3,(H,12,13). The molecule has 2 amide bonds. The van der Waals surface area contributed by atoms with Crippen LogP contribution in [0.3, 0.4) is 0 Å². The molecule has 1 N–H and O–H groups in total. The molecule has 86 valence electrons. The lowest BCUT2D eigenvalue weighted by Gasteiger charge is -2.25. The summed E-state index contributed by atoms with van der Waals surface area (Å²) in [5, 5.41) is 8.57. The minimum Gasteiger partial charge on any atom is -0.480 e. The van der Waals surface area contributed by atoms with E-state index in [1.54, 1.807) is 4.90 Å². The fourth-order valence-corrected chi connectivity index (χ4v) is 2.34. The van der Waals surface area contributed by atoms with Gasteiger partial charge in [-0.1, -0.05) is 0 Å². The van der Waals surface area contributed by atoms with Crippen LogP contribution in [0.4, 0.5) is 4.79 Å². The van der Waals surface area contributed by atoms with Gasteiger partial charge < -0.3 is 14.9 Å². The van der Waals surface area contributed by atoms with E-state index < -0.39 is 5.97 Å². The molecule has 1 fully saturated rings. The van der Waals surface area contributed by atoms with E-state index in [0.717, 1.165) is 24.5 Å². The smallest absolute Gasteiger partial charge is 0.323 e. The highest BCUT2D eigenvalue weighted by Crippen LogP contribution is 2.11. The number of hydrogen-bond acceptors (Lipinski definition) is 3. The Labute approximate surface area is 93.4 Å². The molecular formula is C9H16N2O3S. The van der Waals surface area contributed by atoms with Gasteiger partial charge >= 0.3 is 12.0 Å². The molecule has 0 aromatic heterocycles. The van der Waals surface area contributed by atoms with Gasteiger partial charge in [0.15, 0.2) is 0 Å². The quantitative estimate of drug-likeness (QED) is 0.756. The lowest BCUT2D eigenvalue weighted by molar-refractivity contribution is -0.137. The number of nitrogens with zero attached hydrogens (tertiary/aromatic N) is 2. The topological polar surface area (TPSA) is 60.9 Å². The molecule has 1 aliphatic rings. The van der Waals surface area contributed by atoms with Gasteiger partial charge in [-0.05, 0) is 12.2 Å². The number of thioether (sulfide) groups is 1. The first kappa shape index (κ1) is 12.2. The van der Waals surface area contributed by atoms with E-state index in [9.17, 15) is 9.59 Å². The Morgan fingerprint density at radius 3 is 2.80 bits per heavy atom. The van der Waals surface area contributed by atoms with Crippen molar-refractivity contribution in [2.45, 2.75) is 6.42 Å². The lowest BCUT2D eigenvalue weighted by Crippen LogP contribution is -2.44. The zero-order chi connectivity index (χ0) is 11.3. The molecule has 1 rings (SSSR count). The first-order valence-corrected chi connectivity index (χ1v) is 6.06. The van der Waals surface area contributed by atoms with Gasteiger partial charge in [0.05, 0.1) is 0 Å². The van der Waals surface area contributed by atoms with Crippen LogP contribution < -0.4 is 0 Å². The lowest BCUT2D eigenvalue weighted by atomic mass is 10.4. The molecule has 0 unspecified atom stereocenters. The molecule has 0 saturated carbocycles. The average Bonchev–Trinajstić information content (AvgIpc) is 2.43.